The Balaban J connectivity index is 0.00000456. The molecule has 3 N–H and O–H groups in total. The molecule has 10 heteroatoms. The lowest BCUT2D eigenvalue weighted by Crippen LogP contribution is -2.54. The van der Waals surface area contributed by atoms with E-state index in [9.17, 15) is 22.8 Å². The highest BCUT2D eigenvalue weighted by Gasteiger charge is 2.39. The molecule has 0 radical (unpaired) electrons. The molecule has 200 valence electrons. The van der Waals surface area contributed by atoms with Gasteiger partial charge in [0, 0.05) is 15.5 Å². The SMILES string of the molecule is CC[C@@H]1OCC(=O)[C@H]1NC(=O)[C@H](CC1(C)CCCC1)NC(=O)c1ccc(NS(=O)(=O)C(C)C)cc1.[HH].[HH].[HH]. The number of hydrogen-bond acceptors (Lipinski definition) is 6. The van der Waals surface area contributed by atoms with Crippen molar-refractivity contribution in [1.29, 1.82) is 0 Å². The molecule has 0 aromatic heterocycles. The molecule has 1 saturated heterocycles. The third kappa shape index (κ3) is 6.82. The standard InChI is InChI=1S/C25H37N3O6S.3H2/c1-5-21-22(20(29)15-34-21)27-24(31)19(14-25(4)12-6-7-13-25)26-23(30)17-8-10-18(11-9-17)28-35(32,33)16(2)3;;;/h8-11,16,19,21-22,28H,5-7,12-15H2,1-4H3,(H,26,30)(H,27,31);3*1H/t19-,21-,22+;;;/m0.../s1. The Morgan fingerprint density at radius 1 is 1.17 bits per heavy atom. The minimum Gasteiger partial charge on any atom is -0.368 e. The van der Waals surface area contributed by atoms with E-state index < -0.39 is 39.2 Å². The summed E-state index contributed by atoms with van der Waals surface area (Å²) in [5.74, 6) is -0.997. The predicted molar refractivity (Wildman–Crippen MR) is 140 cm³/mol. The molecule has 1 aromatic rings. The molecule has 3 atom stereocenters. The first-order chi connectivity index (χ1) is 16.4. The number of hydrogen-bond donors (Lipinski definition) is 3. The second kappa shape index (κ2) is 11.1. The summed E-state index contributed by atoms with van der Waals surface area (Å²) in [5.41, 5.74) is 0.584. The minimum atomic E-state index is -3.50. The number of ketones is 1. The molecule has 2 fully saturated rings. The molecule has 0 bridgehead atoms. The summed E-state index contributed by atoms with van der Waals surface area (Å²) in [7, 11) is -3.50. The quantitative estimate of drug-likeness (QED) is 0.439. The van der Waals surface area contributed by atoms with E-state index in [0.29, 0.717) is 24.1 Å². The van der Waals surface area contributed by atoms with Gasteiger partial charge >= 0.3 is 0 Å². The Labute approximate surface area is 212 Å². The van der Waals surface area contributed by atoms with Crippen LogP contribution in [0.5, 0.6) is 0 Å². The summed E-state index contributed by atoms with van der Waals surface area (Å²) >= 11 is 0. The first-order valence-electron chi connectivity index (χ1n) is 12.3. The van der Waals surface area contributed by atoms with Crippen molar-refractivity contribution in [2.45, 2.75) is 89.7 Å². The van der Waals surface area contributed by atoms with E-state index in [2.05, 4.69) is 22.3 Å². The molecule has 0 unspecified atom stereocenters. The van der Waals surface area contributed by atoms with E-state index in [1.54, 1.807) is 13.8 Å². The Hall–Kier alpha value is -2.46. The third-order valence-corrected chi connectivity index (χ3v) is 8.78. The summed E-state index contributed by atoms with van der Waals surface area (Å²) < 4.78 is 32.1. The lowest BCUT2D eigenvalue weighted by molar-refractivity contribution is -0.128. The first-order valence-corrected chi connectivity index (χ1v) is 13.9. The van der Waals surface area contributed by atoms with E-state index >= 15 is 0 Å². The number of rotatable bonds is 10. The van der Waals surface area contributed by atoms with Gasteiger partial charge in [-0.3, -0.25) is 19.1 Å². The van der Waals surface area contributed by atoms with Gasteiger partial charge in [0.1, 0.15) is 18.7 Å². The normalized spacial score (nSPS) is 22.7. The lowest BCUT2D eigenvalue weighted by atomic mass is 9.81. The van der Waals surface area contributed by atoms with Gasteiger partial charge in [-0.1, -0.05) is 26.7 Å². The average molecular weight is 514 g/mol. The zero-order valence-electron chi connectivity index (χ0n) is 20.9. The Kier molecular flexibility index (Phi) is 8.58. The molecule has 1 heterocycles. The molecule has 1 aliphatic heterocycles. The number of anilines is 1. The molecule has 1 aromatic carbocycles. The second-order valence-electron chi connectivity index (χ2n) is 10.2. The maximum absolute atomic E-state index is 13.3. The van der Waals surface area contributed by atoms with Gasteiger partial charge in [-0.2, -0.15) is 0 Å². The molecule has 1 saturated carbocycles. The molecule has 0 spiro atoms. The van der Waals surface area contributed by atoms with E-state index in [4.69, 9.17) is 4.74 Å². The smallest absolute Gasteiger partial charge is 0.251 e. The number of nitrogens with one attached hydrogen (secondary N) is 3. The van der Waals surface area contributed by atoms with Crippen molar-refractivity contribution < 1.29 is 31.8 Å². The summed E-state index contributed by atoms with van der Waals surface area (Å²) in [6.07, 6.45) is 4.81. The van der Waals surface area contributed by atoms with Crippen LogP contribution in [0, 0.1) is 5.41 Å². The second-order valence-corrected chi connectivity index (χ2v) is 12.5. The van der Waals surface area contributed by atoms with Crippen LogP contribution < -0.4 is 15.4 Å². The molecule has 9 nitrogen and oxygen atoms in total. The number of ether oxygens (including phenoxy) is 1. The summed E-state index contributed by atoms with van der Waals surface area (Å²) in [4.78, 5) is 38.6. The molecule has 35 heavy (non-hydrogen) atoms. The van der Waals surface area contributed by atoms with Gasteiger partial charge in [-0.25, -0.2) is 8.42 Å². The topological polar surface area (TPSA) is 131 Å². The highest BCUT2D eigenvalue weighted by atomic mass is 32.2. The van der Waals surface area contributed by atoms with Gasteiger partial charge in [0.15, 0.2) is 5.78 Å². The predicted octanol–water partition coefficient (Wildman–Crippen LogP) is 3.51. The number of Topliss-reactive ketones (excluding diaryl/α,β-unsaturated/α-hetero) is 1. The average Bonchev–Trinajstić information content (AvgIpc) is 3.38. The van der Waals surface area contributed by atoms with Gasteiger partial charge < -0.3 is 15.4 Å². The molecule has 2 aliphatic rings. The van der Waals surface area contributed by atoms with Crippen molar-refractivity contribution >= 4 is 33.3 Å². The van der Waals surface area contributed by atoms with Gasteiger partial charge in [-0.15, -0.1) is 0 Å². The van der Waals surface area contributed by atoms with Crippen molar-refractivity contribution in [1.82, 2.24) is 10.6 Å². The Bertz CT molecular complexity index is 1050. The molecular weight excluding hydrogens is 470 g/mol. The van der Waals surface area contributed by atoms with Crippen LogP contribution in [0.3, 0.4) is 0 Å². The van der Waals surface area contributed by atoms with Crippen molar-refractivity contribution in [2.24, 2.45) is 5.41 Å². The van der Waals surface area contributed by atoms with Crippen molar-refractivity contribution in [2.75, 3.05) is 11.3 Å². The maximum atomic E-state index is 13.3. The lowest BCUT2D eigenvalue weighted by Gasteiger charge is -2.30. The number of amides is 2. The summed E-state index contributed by atoms with van der Waals surface area (Å²) in [5, 5.41) is 5.08. The largest absolute Gasteiger partial charge is 0.368 e. The number of sulfonamides is 1. The zero-order chi connectivity index (χ0) is 25.8. The fourth-order valence-corrected chi connectivity index (χ4v) is 5.41. The monoisotopic (exact) mass is 513 g/mol. The third-order valence-electron chi connectivity index (χ3n) is 7.02. The fraction of sp³-hybridized carbons (Fsp3) is 0.640. The van der Waals surface area contributed by atoms with Crippen molar-refractivity contribution in [3.05, 3.63) is 29.8 Å². The minimum absolute atomic E-state index is 0. The highest BCUT2D eigenvalue weighted by molar-refractivity contribution is 7.93. The van der Waals surface area contributed by atoms with Crippen LogP contribution in [0.15, 0.2) is 24.3 Å². The van der Waals surface area contributed by atoms with Crippen molar-refractivity contribution in [3.8, 4) is 0 Å². The summed E-state index contributed by atoms with van der Waals surface area (Å²) in [6.45, 7) is 7.15. The zero-order valence-corrected chi connectivity index (χ0v) is 21.7. The van der Waals surface area contributed by atoms with Crippen LogP contribution >= 0.6 is 0 Å². The van der Waals surface area contributed by atoms with Crippen LogP contribution in [0.2, 0.25) is 0 Å². The number of carbonyl (C=O) groups excluding carboxylic acids is 3. The number of benzene rings is 1. The van der Waals surface area contributed by atoms with Crippen LogP contribution in [-0.4, -0.2) is 56.1 Å². The van der Waals surface area contributed by atoms with Gasteiger partial charge in [0.2, 0.25) is 15.9 Å². The number of carbonyl (C=O) groups is 3. The van der Waals surface area contributed by atoms with E-state index in [-0.39, 0.29) is 28.2 Å². The van der Waals surface area contributed by atoms with Gasteiger partial charge in [-0.05, 0) is 69.2 Å². The maximum Gasteiger partial charge on any atom is 0.251 e. The Morgan fingerprint density at radius 3 is 2.37 bits per heavy atom. The summed E-state index contributed by atoms with van der Waals surface area (Å²) in [6, 6.07) is 4.54. The van der Waals surface area contributed by atoms with Gasteiger partial charge in [0.25, 0.3) is 5.91 Å². The van der Waals surface area contributed by atoms with Crippen LogP contribution in [0.25, 0.3) is 0 Å². The fourth-order valence-electron chi connectivity index (χ4n) is 4.71. The first kappa shape index (κ1) is 27.1. The molecule has 3 rings (SSSR count). The van der Waals surface area contributed by atoms with Gasteiger partial charge in [0.05, 0.1) is 11.4 Å². The van der Waals surface area contributed by atoms with E-state index in [0.717, 1.165) is 25.7 Å². The molecule has 2 amide bonds. The van der Waals surface area contributed by atoms with E-state index in [1.807, 2.05) is 6.92 Å². The van der Waals surface area contributed by atoms with E-state index in [1.165, 1.54) is 24.3 Å². The van der Waals surface area contributed by atoms with Crippen LogP contribution in [0.1, 0.15) is 80.9 Å². The van der Waals surface area contributed by atoms with Crippen molar-refractivity contribution in [3.63, 3.8) is 0 Å². The highest BCUT2D eigenvalue weighted by Crippen LogP contribution is 2.41. The van der Waals surface area contributed by atoms with Crippen LogP contribution in [-0.2, 0) is 24.3 Å². The van der Waals surface area contributed by atoms with Crippen LogP contribution in [0.4, 0.5) is 5.69 Å². The molecule has 1 aliphatic carbocycles. The molecular formula is C25H43N3O6S. The Morgan fingerprint density at radius 2 is 1.80 bits per heavy atom.